The van der Waals surface area contributed by atoms with Crippen LogP contribution in [0.3, 0.4) is 0 Å². The van der Waals surface area contributed by atoms with Crippen molar-refractivity contribution in [2.24, 2.45) is 0 Å². The summed E-state index contributed by atoms with van der Waals surface area (Å²) in [5, 5.41) is 11.4. The van der Waals surface area contributed by atoms with E-state index in [4.69, 9.17) is 28.9 Å². The van der Waals surface area contributed by atoms with Gasteiger partial charge in [0.2, 0.25) is 11.9 Å². The highest BCUT2D eigenvalue weighted by Crippen LogP contribution is 2.38. The third-order valence-electron chi connectivity index (χ3n) is 10.1. The summed E-state index contributed by atoms with van der Waals surface area (Å²) in [4.78, 5) is 10.3. The molecule has 0 amide bonds. The van der Waals surface area contributed by atoms with Crippen LogP contribution < -0.4 is 16.0 Å². The van der Waals surface area contributed by atoms with Gasteiger partial charge in [-0.1, -0.05) is 47.5 Å². The smallest absolute Gasteiger partial charge is 0.262 e. The van der Waals surface area contributed by atoms with Gasteiger partial charge in [0, 0.05) is 60.1 Å². The molecule has 0 aliphatic carbocycles. The van der Waals surface area contributed by atoms with Gasteiger partial charge in [-0.05, 0) is 87.0 Å². The predicted molar refractivity (Wildman–Crippen MR) is 197 cm³/mol. The second-order valence-electron chi connectivity index (χ2n) is 13.7. The number of rotatable bonds is 7. The van der Waals surface area contributed by atoms with Crippen LogP contribution in [0.25, 0.3) is 0 Å². The summed E-state index contributed by atoms with van der Waals surface area (Å²) in [6.45, 7) is 3.08. The molecule has 0 bridgehead atoms. The predicted octanol–water partition coefficient (Wildman–Crippen LogP) is 7.15. The van der Waals surface area contributed by atoms with Crippen molar-refractivity contribution in [1.29, 1.82) is 0 Å². The second-order valence-corrected chi connectivity index (χ2v) is 14.5. The molecule has 4 aliphatic heterocycles. The first-order chi connectivity index (χ1) is 22.9. The molecule has 0 saturated carbocycles. The van der Waals surface area contributed by atoms with Crippen molar-refractivity contribution < 1.29 is 17.6 Å². The number of nitrogen functional groups attached to an aromatic ring is 1. The summed E-state index contributed by atoms with van der Waals surface area (Å²) in [6, 6.07) is 15.2. The molecule has 4 fully saturated rings. The topological polar surface area (TPSA) is 89.3 Å². The second kappa shape index (κ2) is 17.6. The normalized spacial score (nSPS) is 24.2. The van der Waals surface area contributed by atoms with Crippen LogP contribution in [-0.2, 0) is 12.8 Å². The Labute approximate surface area is 313 Å². The maximum atomic E-state index is 14.2. The van der Waals surface area contributed by atoms with E-state index in [2.05, 4.69) is 25.4 Å². The van der Waals surface area contributed by atoms with Crippen molar-refractivity contribution in [2.75, 3.05) is 49.9 Å². The van der Waals surface area contributed by atoms with Crippen LogP contribution in [0.4, 0.5) is 29.5 Å². The van der Waals surface area contributed by atoms with Gasteiger partial charge in [-0.3, -0.25) is 9.80 Å². The molecule has 2 atom stereocenters. The maximum absolute atomic E-state index is 14.2. The molecule has 1 aromatic heterocycles. The average Bonchev–Trinajstić information content (AvgIpc) is 3.73. The van der Waals surface area contributed by atoms with Crippen molar-refractivity contribution in [3.8, 4) is 0 Å². The molecule has 7 rings (SSSR count). The Morgan fingerprint density at radius 3 is 1.58 bits per heavy atom. The lowest BCUT2D eigenvalue weighted by molar-refractivity contribution is 0.00548. The number of halogens is 8. The molecule has 4 saturated heterocycles. The fourth-order valence-electron chi connectivity index (χ4n) is 7.81. The van der Waals surface area contributed by atoms with Gasteiger partial charge in [0.1, 0.15) is 0 Å². The number of hydrogen-bond acceptors (Lipinski definition) is 7. The van der Waals surface area contributed by atoms with Crippen molar-refractivity contribution in [1.82, 2.24) is 30.3 Å². The zero-order valence-corrected chi connectivity index (χ0v) is 30.9. The lowest BCUT2D eigenvalue weighted by atomic mass is 9.99. The number of anilines is 2. The standard InChI is InChI=1S/C18H23ClF2N6.C16H21ClF2N2.2ClH/c19-13-3-1-12(2-4-13)9-15-10-18(20,21)11-27(15)14-5-7-26(8-6-14)17-23-16(22)24-25-17;17-13-3-1-12(2-4-13)9-15-10-16(18,19)11-21(15)14-5-7-20-8-6-14;;/h1-4,14-15H,5-11H2,(H3,22,23,24,25);1-4,14-15,20H,5-11H2;2*1H/t2*15-;;/m00../s1. The molecule has 5 heterocycles. The average molecular weight is 785 g/mol. The number of alkyl halides is 4. The number of aromatic nitrogens is 3. The Kier molecular flexibility index (Phi) is 14.4. The lowest BCUT2D eigenvalue weighted by Crippen LogP contribution is -2.48. The quantitative estimate of drug-likeness (QED) is 0.220. The monoisotopic (exact) mass is 782 g/mol. The summed E-state index contributed by atoms with van der Waals surface area (Å²) in [6.07, 6.45) is 4.72. The number of piperidine rings is 2. The molecule has 0 spiro atoms. The molecule has 8 nitrogen and oxygen atoms in total. The lowest BCUT2D eigenvalue weighted by Gasteiger charge is -2.38. The van der Waals surface area contributed by atoms with E-state index >= 15 is 0 Å². The number of hydrogen-bond donors (Lipinski definition) is 3. The Morgan fingerprint density at radius 2 is 1.16 bits per heavy atom. The third kappa shape index (κ3) is 10.7. The first-order valence-electron chi connectivity index (χ1n) is 16.8. The zero-order chi connectivity index (χ0) is 33.9. The van der Waals surface area contributed by atoms with Crippen LogP contribution >= 0.6 is 48.0 Å². The minimum Gasteiger partial charge on any atom is -0.368 e. The Morgan fingerprint density at radius 1 is 0.720 bits per heavy atom. The molecular formula is C34H46Cl4F4N8. The minimum atomic E-state index is -2.63. The SMILES string of the molecule is Cl.Cl.FC1(F)C[C@H](Cc2ccc(Cl)cc2)N(C2CCNCC2)C1.Nc1nc(N2CCC(N3CC(F)(F)C[C@@H]3Cc3ccc(Cl)cc3)CC2)n[nH]1. The van der Waals surface area contributed by atoms with Gasteiger partial charge in [0.05, 0.1) is 13.1 Å². The minimum absolute atomic E-state index is 0. The van der Waals surface area contributed by atoms with Crippen LogP contribution in [-0.4, -0.2) is 100 Å². The number of nitrogens with one attached hydrogen (secondary N) is 2. The number of nitrogens with two attached hydrogens (primary N) is 1. The van der Waals surface area contributed by atoms with E-state index in [9.17, 15) is 17.6 Å². The van der Waals surface area contributed by atoms with Crippen molar-refractivity contribution in [2.45, 2.75) is 87.4 Å². The van der Waals surface area contributed by atoms with E-state index in [1.807, 2.05) is 58.3 Å². The Balaban J connectivity index is 0.000000222. The summed E-state index contributed by atoms with van der Waals surface area (Å²) in [5.41, 5.74) is 7.71. The highest BCUT2D eigenvalue weighted by atomic mass is 35.5. The largest absolute Gasteiger partial charge is 0.368 e. The Bertz CT molecular complexity index is 1470. The number of benzene rings is 2. The molecule has 3 aromatic rings. The first kappa shape index (κ1) is 40.7. The van der Waals surface area contributed by atoms with Crippen LogP contribution in [0.15, 0.2) is 48.5 Å². The molecular weight excluding hydrogens is 738 g/mol. The van der Waals surface area contributed by atoms with Crippen LogP contribution in [0, 0.1) is 0 Å². The molecule has 4 N–H and O–H groups in total. The van der Waals surface area contributed by atoms with E-state index in [0.29, 0.717) is 28.8 Å². The van der Waals surface area contributed by atoms with E-state index in [0.717, 1.165) is 63.0 Å². The van der Waals surface area contributed by atoms with Crippen LogP contribution in [0.2, 0.25) is 10.0 Å². The molecule has 0 unspecified atom stereocenters. The van der Waals surface area contributed by atoms with Gasteiger partial charge in [0.25, 0.3) is 11.8 Å². The zero-order valence-electron chi connectivity index (χ0n) is 27.7. The highest BCUT2D eigenvalue weighted by Gasteiger charge is 2.48. The van der Waals surface area contributed by atoms with Crippen molar-refractivity contribution in [3.63, 3.8) is 0 Å². The van der Waals surface area contributed by atoms with E-state index in [1.165, 1.54) is 0 Å². The van der Waals surface area contributed by atoms with Crippen molar-refractivity contribution >= 4 is 59.9 Å². The molecule has 278 valence electrons. The van der Waals surface area contributed by atoms with E-state index in [-0.39, 0.29) is 80.9 Å². The molecule has 0 radical (unpaired) electrons. The van der Waals surface area contributed by atoms with Gasteiger partial charge in [0.15, 0.2) is 0 Å². The molecule has 50 heavy (non-hydrogen) atoms. The fourth-order valence-corrected chi connectivity index (χ4v) is 8.06. The van der Waals surface area contributed by atoms with Gasteiger partial charge in [-0.15, -0.1) is 29.9 Å². The molecule has 16 heteroatoms. The van der Waals surface area contributed by atoms with Gasteiger partial charge in [-0.2, -0.15) is 4.98 Å². The van der Waals surface area contributed by atoms with Crippen molar-refractivity contribution in [3.05, 3.63) is 69.7 Å². The number of aromatic amines is 1. The van der Waals surface area contributed by atoms with E-state index in [1.54, 1.807) is 0 Å². The van der Waals surface area contributed by atoms with E-state index < -0.39 is 11.8 Å². The Hall–Kier alpha value is -2.06. The van der Waals surface area contributed by atoms with Gasteiger partial charge in [-0.25, -0.2) is 22.7 Å². The van der Waals surface area contributed by atoms with Crippen LogP contribution in [0.1, 0.15) is 49.7 Å². The summed E-state index contributed by atoms with van der Waals surface area (Å²) < 4.78 is 56.2. The molecule has 2 aromatic carbocycles. The highest BCUT2D eigenvalue weighted by molar-refractivity contribution is 6.30. The summed E-state index contributed by atoms with van der Waals surface area (Å²) in [7, 11) is 0. The summed E-state index contributed by atoms with van der Waals surface area (Å²) in [5.74, 6) is -4.32. The van der Waals surface area contributed by atoms with Crippen LogP contribution in [0.5, 0.6) is 0 Å². The number of nitrogens with zero attached hydrogens (tertiary/aromatic N) is 5. The first-order valence-corrected chi connectivity index (χ1v) is 17.6. The fraction of sp³-hybridized carbons (Fsp3) is 0.588. The number of H-pyrrole nitrogens is 1. The summed E-state index contributed by atoms with van der Waals surface area (Å²) >= 11 is 11.8. The molecule has 4 aliphatic rings. The maximum Gasteiger partial charge on any atom is 0.262 e. The number of likely N-dealkylation sites (tertiary alicyclic amines) is 2. The van der Waals surface area contributed by atoms with Gasteiger partial charge < -0.3 is 16.0 Å². The third-order valence-corrected chi connectivity index (χ3v) is 10.6. The van der Waals surface area contributed by atoms with Gasteiger partial charge >= 0.3 is 0 Å².